The van der Waals surface area contributed by atoms with E-state index in [1.807, 2.05) is 18.2 Å². The number of para-hydroxylation sites is 1. The standard InChI is InChI=1S/C20H20F3N3S/c21-20(22,23)16-6-2-1-5-14(16)13-24-15-9-11-26(12-10-15)19-25-17-7-3-4-8-18(17)27-19/h1-8,15,24H,9-13H2. The van der Waals surface area contributed by atoms with Gasteiger partial charge in [0.05, 0.1) is 15.8 Å². The van der Waals surface area contributed by atoms with E-state index in [9.17, 15) is 13.2 Å². The number of aromatic nitrogens is 1. The Hall–Kier alpha value is -2.12. The SMILES string of the molecule is FC(F)(F)c1ccccc1CNC1CCN(c2nc3ccccc3s2)CC1. The minimum absolute atomic E-state index is 0.219. The van der Waals surface area contributed by atoms with Gasteiger partial charge in [0.15, 0.2) is 5.13 Å². The van der Waals surface area contributed by atoms with Gasteiger partial charge in [-0.1, -0.05) is 41.7 Å². The predicted octanol–water partition coefficient (Wildman–Crippen LogP) is 5.07. The fourth-order valence-electron chi connectivity index (χ4n) is 3.48. The molecule has 1 N–H and O–H groups in total. The van der Waals surface area contributed by atoms with Crippen LogP contribution < -0.4 is 10.2 Å². The highest BCUT2D eigenvalue weighted by Crippen LogP contribution is 2.32. The van der Waals surface area contributed by atoms with Crippen molar-refractivity contribution in [1.29, 1.82) is 0 Å². The molecule has 2 heterocycles. The number of nitrogens with zero attached hydrogens (tertiary/aromatic N) is 2. The van der Waals surface area contributed by atoms with Crippen LogP contribution in [0.5, 0.6) is 0 Å². The van der Waals surface area contributed by atoms with Crippen LogP contribution in [0.15, 0.2) is 48.5 Å². The molecular weight excluding hydrogens is 371 g/mol. The van der Waals surface area contributed by atoms with E-state index in [0.717, 1.165) is 42.6 Å². The monoisotopic (exact) mass is 391 g/mol. The first-order valence-corrected chi connectivity index (χ1v) is 9.81. The third-order valence-electron chi connectivity index (χ3n) is 4.95. The first-order valence-electron chi connectivity index (χ1n) is 9.00. The van der Waals surface area contributed by atoms with Crippen LogP contribution in [0.3, 0.4) is 0 Å². The number of anilines is 1. The summed E-state index contributed by atoms with van der Waals surface area (Å²) in [5.41, 5.74) is 0.768. The maximum Gasteiger partial charge on any atom is 0.416 e. The molecule has 1 aliphatic rings. The number of nitrogens with one attached hydrogen (secondary N) is 1. The number of piperidine rings is 1. The van der Waals surface area contributed by atoms with Crippen molar-refractivity contribution in [3.05, 3.63) is 59.7 Å². The smallest absolute Gasteiger partial charge is 0.348 e. The van der Waals surface area contributed by atoms with Crippen molar-refractivity contribution < 1.29 is 13.2 Å². The van der Waals surface area contributed by atoms with Crippen molar-refractivity contribution in [2.24, 2.45) is 0 Å². The normalized spacial score (nSPS) is 16.2. The van der Waals surface area contributed by atoms with Crippen LogP contribution >= 0.6 is 11.3 Å². The third-order valence-corrected chi connectivity index (χ3v) is 6.05. The molecule has 0 bridgehead atoms. The molecule has 0 unspecified atom stereocenters. The molecule has 27 heavy (non-hydrogen) atoms. The molecule has 0 amide bonds. The fourth-order valence-corrected chi connectivity index (χ4v) is 4.49. The zero-order chi connectivity index (χ0) is 18.9. The Balaban J connectivity index is 1.35. The Bertz CT molecular complexity index is 881. The third kappa shape index (κ3) is 4.09. The van der Waals surface area contributed by atoms with E-state index in [4.69, 9.17) is 4.98 Å². The lowest BCUT2D eigenvalue weighted by Crippen LogP contribution is -2.42. The van der Waals surface area contributed by atoms with Gasteiger partial charge in [-0.25, -0.2) is 4.98 Å². The Kier molecular flexibility index (Phi) is 5.06. The number of rotatable bonds is 4. The van der Waals surface area contributed by atoms with Gasteiger partial charge in [0.1, 0.15) is 0 Å². The Morgan fingerprint density at radius 2 is 1.74 bits per heavy atom. The molecule has 2 aromatic carbocycles. The van der Waals surface area contributed by atoms with Crippen molar-refractivity contribution in [2.75, 3.05) is 18.0 Å². The Labute approximate surface area is 159 Å². The lowest BCUT2D eigenvalue weighted by molar-refractivity contribution is -0.138. The highest BCUT2D eigenvalue weighted by Gasteiger charge is 2.33. The minimum atomic E-state index is -4.31. The number of thiazole rings is 1. The summed E-state index contributed by atoms with van der Waals surface area (Å²) in [6.45, 7) is 1.96. The molecule has 1 fully saturated rings. The summed E-state index contributed by atoms with van der Waals surface area (Å²) in [5, 5.41) is 4.33. The summed E-state index contributed by atoms with van der Waals surface area (Å²) in [4.78, 5) is 6.96. The minimum Gasteiger partial charge on any atom is -0.348 e. The molecule has 0 spiro atoms. The predicted molar refractivity (Wildman–Crippen MR) is 103 cm³/mol. The van der Waals surface area contributed by atoms with Crippen LogP contribution in [0, 0.1) is 0 Å². The molecule has 3 nitrogen and oxygen atoms in total. The molecule has 142 valence electrons. The van der Waals surface area contributed by atoms with E-state index in [1.165, 1.54) is 10.8 Å². The van der Waals surface area contributed by atoms with Crippen molar-refractivity contribution in [3.63, 3.8) is 0 Å². The number of hydrogen-bond acceptors (Lipinski definition) is 4. The highest BCUT2D eigenvalue weighted by molar-refractivity contribution is 7.22. The lowest BCUT2D eigenvalue weighted by Gasteiger charge is -2.32. The molecule has 0 atom stereocenters. The molecule has 7 heteroatoms. The molecule has 4 rings (SSSR count). The van der Waals surface area contributed by atoms with Gasteiger partial charge in [-0.2, -0.15) is 13.2 Å². The molecular formula is C20H20F3N3S. The van der Waals surface area contributed by atoms with E-state index < -0.39 is 11.7 Å². The second-order valence-electron chi connectivity index (χ2n) is 6.76. The summed E-state index contributed by atoms with van der Waals surface area (Å²) < 4.78 is 40.5. The number of benzene rings is 2. The van der Waals surface area contributed by atoms with E-state index in [1.54, 1.807) is 23.5 Å². The van der Waals surface area contributed by atoms with Gasteiger partial charge in [-0.3, -0.25) is 0 Å². The lowest BCUT2D eigenvalue weighted by atomic mass is 10.0. The van der Waals surface area contributed by atoms with E-state index in [0.29, 0.717) is 5.56 Å². The average molecular weight is 391 g/mol. The molecule has 0 aliphatic carbocycles. The first kappa shape index (κ1) is 18.3. The van der Waals surface area contributed by atoms with E-state index >= 15 is 0 Å². The van der Waals surface area contributed by atoms with Crippen LogP contribution in [0.25, 0.3) is 10.2 Å². The molecule has 1 aromatic heterocycles. The van der Waals surface area contributed by atoms with Crippen molar-refractivity contribution in [2.45, 2.75) is 31.6 Å². The second-order valence-corrected chi connectivity index (χ2v) is 7.77. The van der Waals surface area contributed by atoms with Crippen molar-refractivity contribution in [3.8, 4) is 0 Å². The highest BCUT2D eigenvalue weighted by atomic mass is 32.1. The largest absolute Gasteiger partial charge is 0.416 e. The van der Waals surface area contributed by atoms with Crippen molar-refractivity contribution >= 4 is 26.7 Å². The molecule has 0 radical (unpaired) electrons. The number of alkyl halides is 3. The van der Waals surface area contributed by atoms with Gasteiger partial charge in [0.2, 0.25) is 0 Å². The van der Waals surface area contributed by atoms with Crippen LogP contribution in [-0.2, 0) is 12.7 Å². The number of hydrogen-bond donors (Lipinski definition) is 1. The van der Waals surface area contributed by atoms with Gasteiger partial charge in [-0.05, 0) is 36.6 Å². The Morgan fingerprint density at radius 1 is 1.04 bits per heavy atom. The second kappa shape index (κ2) is 7.48. The summed E-state index contributed by atoms with van der Waals surface area (Å²) >= 11 is 1.69. The zero-order valence-electron chi connectivity index (χ0n) is 14.7. The molecule has 1 aliphatic heterocycles. The molecule has 0 saturated carbocycles. The zero-order valence-corrected chi connectivity index (χ0v) is 15.5. The summed E-state index contributed by atoms with van der Waals surface area (Å²) in [6.07, 6.45) is -2.53. The summed E-state index contributed by atoms with van der Waals surface area (Å²) in [7, 11) is 0. The first-order chi connectivity index (χ1) is 13.0. The fraction of sp³-hybridized carbons (Fsp3) is 0.350. The number of halogens is 3. The Morgan fingerprint density at radius 3 is 2.48 bits per heavy atom. The van der Waals surface area contributed by atoms with Gasteiger partial charge in [-0.15, -0.1) is 0 Å². The maximum absolute atomic E-state index is 13.1. The van der Waals surface area contributed by atoms with E-state index in [2.05, 4.69) is 16.3 Å². The van der Waals surface area contributed by atoms with Crippen LogP contribution in [0.4, 0.5) is 18.3 Å². The quantitative estimate of drug-likeness (QED) is 0.673. The maximum atomic E-state index is 13.1. The van der Waals surface area contributed by atoms with Crippen LogP contribution in [-0.4, -0.2) is 24.1 Å². The molecule has 3 aromatic rings. The van der Waals surface area contributed by atoms with E-state index in [-0.39, 0.29) is 12.6 Å². The average Bonchev–Trinajstić information content (AvgIpc) is 3.10. The summed E-state index contributed by atoms with van der Waals surface area (Å²) in [6, 6.07) is 14.1. The van der Waals surface area contributed by atoms with Crippen LogP contribution in [0.2, 0.25) is 0 Å². The number of fused-ring (bicyclic) bond motifs is 1. The molecule has 1 saturated heterocycles. The summed E-state index contributed by atoms with van der Waals surface area (Å²) in [5.74, 6) is 0. The van der Waals surface area contributed by atoms with Crippen molar-refractivity contribution in [1.82, 2.24) is 10.3 Å². The van der Waals surface area contributed by atoms with Gasteiger partial charge < -0.3 is 10.2 Å². The van der Waals surface area contributed by atoms with Crippen LogP contribution in [0.1, 0.15) is 24.0 Å². The van der Waals surface area contributed by atoms with Gasteiger partial charge >= 0.3 is 6.18 Å². The van der Waals surface area contributed by atoms with Gasteiger partial charge in [0, 0.05) is 25.7 Å². The van der Waals surface area contributed by atoms with Gasteiger partial charge in [0.25, 0.3) is 0 Å². The topological polar surface area (TPSA) is 28.2 Å².